The summed E-state index contributed by atoms with van der Waals surface area (Å²) in [5.74, 6) is -1.07. The van der Waals surface area contributed by atoms with Crippen LogP contribution in [-0.2, 0) is 10.7 Å². The van der Waals surface area contributed by atoms with E-state index in [2.05, 4.69) is 5.32 Å². The normalized spacial score (nSPS) is 16.7. The lowest BCUT2D eigenvalue weighted by molar-refractivity contribution is -0.122. The second kappa shape index (κ2) is 12.6. The first-order valence-corrected chi connectivity index (χ1v) is 13.5. The van der Waals surface area contributed by atoms with Crippen molar-refractivity contribution in [3.63, 3.8) is 0 Å². The lowest BCUT2D eigenvalue weighted by atomic mass is 9.91. The van der Waals surface area contributed by atoms with E-state index in [0.717, 1.165) is 25.7 Å². The zero-order valence-corrected chi connectivity index (χ0v) is 21.8. The molecular weight excluding hydrogens is 492 g/mol. The number of halogens is 2. The number of benzene rings is 2. The molecule has 4 rings (SSSR count). The van der Waals surface area contributed by atoms with E-state index in [9.17, 15) is 23.5 Å². The summed E-state index contributed by atoms with van der Waals surface area (Å²) in [7, 11) is 0. The predicted molar refractivity (Wildman–Crippen MR) is 139 cm³/mol. The Labute approximate surface area is 222 Å². The maximum atomic E-state index is 14.1. The highest BCUT2D eigenvalue weighted by Crippen LogP contribution is 2.37. The summed E-state index contributed by atoms with van der Waals surface area (Å²) in [6.07, 6.45) is 3.75. The molecule has 38 heavy (non-hydrogen) atoms. The number of rotatable bonds is 12. The summed E-state index contributed by atoms with van der Waals surface area (Å²) in [4.78, 5) is 25.5. The van der Waals surface area contributed by atoms with Crippen LogP contribution in [-0.4, -0.2) is 36.1 Å². The van der Waals surface area contributed by atoms with Crippen LogP contribution in [0.2, 0.25) is 0 Å². The van der Waals surface area contributed by atoms with Crippen LogP contribution in [0.25, 0.3) is 0 Å². The Kier molecular flexibility index (Phi) is 9.26. The van der Waals surface area contributed by atoms with Gasteiger partial charge in [-0.25, -0.2) is 8.78 Å². The predicted octanol–water partition coefficient (Wildman–Crippen LogP) is 6.07. The lowest BCUT2D eigenvalue weighted by Gasteiger charge is -2.25. The quantitative estimate of drug-likeness (QED) is 0.258. The first kappa shape index (κ1) is 27.9. The average Bonchev–Trinajstić information content (AvgIpc) is 3.44. The van der Waals surface area contributed by atoms with Crippen molar-refractivity contribution in [1.29, 1.82) is 0 Å². The van der Waals surface area contributed by atoms with E-state index in [-0.39, 0.29) is 36.5 Å². The molecule has 0 spiro atoms. The van der Waals surface area contributed by atoms with E-state index in [4.69, 9.17) is 9.47 Å². The number of alkyl halides is 2. The number of aliphatic hydroxyl groups is 1. The minimum Gasteiger partial charge on any atom is -0.486 e. The smallest absolute Gasteiger partial charge is 0.273 e. The standard InChI is InChI=1S/C30H35F2NO5/c1-2-15-30(31,32)23-10-7-21(8-11-23)25(34)12-14-28(35)33-24(18-20-5-3-4-6-20)29(36)22-9-13-26-27(19-22)38-17-16-37-26/h7-11,13,19,24,29,36H,2-6,12,14-18H2,1H3/p+1. The van der Waals surface area contributed by atoms with Crippen molar-refractivity contribution in [1.82, 2.24) is 5.32 Å². The van der Waals surface area contributed by atoms with Crippen LogP contribution in [0.15, 0.2) is 42.5 Å². The Morgan fingerprint density at radius 3 is 2.39 bits per heavy atom. The Hall–Kier alpha value is -3.13. The van der Waals surface area contributed by atoms with Crippen molar-refractivity contribution < 1.29 is 33.0 Å². The molecule has 1 saturated carbocycles. The number of hydrogen-bond donors (Lipinski definition) is 2. The number of carbonyl (C=O) groups excluding carboxylic acids is 2. The van der Waals surface area contributed by atoms with E-state index in [1.807, 2.05) is 0 Å². The van der Waals surface area contributed by atoms with Crippen LogP contribution >= 0.6 is 0 Å². The van der Waals surface area contributed by atoms with Crippen LogP contribution in [0.5, 0.6) is 11.5 Å². The average molecular weight is 529 g/mol. The molecule has 1 fully saturated rings. The van der Waals surface area contributed by atoms with Gasteiger partial charge in [0.2, 0.25) is 5.91 Å². The van der Waals surface area contributed by atoms with Gasteiger partial charge in [-0.3, -0.25) is 9.59 Å². The van der Waals surface area contributed by atoms with Crippen molar-refractivity contribution >= 4 is 11.7 Å². The number of aliphatic hydroxyl groups excluding tert-OH is 1. The SMILES string of the molecule is CCCC(F)(F)c1ccc(C(=O)CCC(=O)NC(C[C+]2CCCC2)C(O)c2ccc3c(c2)OCCO3)cc1. The van der Waals surface area contributed by atoms with Gasteiger partial charge < -0.3 is 19.9 Å². The molecule has 6 nitrogen and oxygen atoms in total. The maximum Gasteiger partial charge on any atom is 0.273 e. The van der Waals surface area contributed by atoms with Crippen molar-refractivity contribution in [3.8, 4) is 11.5 Å². The Morgan fingerprint density at radius 2 is 1.71 bits per heavy atom. The molecule has 1 amide bonds. The van der Waals surface area contributed by atoms with Gasteiger partial charge in [0, 0.05) is 30.4 Å². The van der Waals surface area contributed by atoms with Crippen LogP contribution in [0.3, 0.4) is 0 Å². The number of amides is 1. The third-order valence-corrected chi connectivity index (χ3v) is 7.23. The number of fused-ring (bicyclic) bond motifs is 1. The van der Waals surface area contributed by atoms with Crippen molar-refractivity contribution in [2.75, 3.05) is 13.2 Å². The summed E-state index contributed by atoms with van der Waals surface area (Å²) in [6.45, 7) is 2.60. The van der Waals surface area contributed by atoms with Crippen LogP contribution in [0.1, 0.15) is 92.3 Å². The van der Waals surface area contributed by atoms with Crippen molar-refractivity contribution in [2.24, 2.45) is 0 Å². The fraction of sp³-hybridized carbons (Fsp3) is 0.500. The third kappa shape index (κ3) is 7.04. The third-order valence-electron chi connectivity index (χ3n) is 7.23. The van der Waals surface area contributed by atoms with Gasteiger partial charge >= 0.3 is 0 Å². The van der Waals surface area contributed by atoms with Gasteiger partial charge in [0.1, 0.15) is 25.7 Å². The van der Waals surface area contributed by atoms with Gasteiger partial charge in [-0.2, -0.15) is 0 Å². The molecule has 1 aliphatic carbocycles. The van der Waals surface area contributed by atoms with E-state index in [1.165, 1.54) is 30.2 Å². The molecule has 204 valence electrons. The molecule has 8 heteroatoms. The molecule has 2 aliphatic rings. The molecule has 0 radical (unpaired) electrons. The Bertz CT molecular complexity index is 1100. The molecule has 1 heterocycles. The fourth-order valence-electron chi connectivity index (χ4n) is 5.12. The van der Waals surface area contributed by atoms with E-state index >= 15 is 0 Å². The maximum absolute atomic E-state index is 14.1. The highest BCUT2D eigenvalue weighted by Gasteiger charge is 2.35. The molecule has 2 unspecified atom stereocenters. The summed E-state index contributed by atoms with van der Waals surface area (Å²) >= 11 is 0. The van der Waals surface area contributed by atoms with Crippen molar-refractivity contribution in [3.05, 3.63) is 65.1 Å². The van der Waals surface area contributed by atoms with E-state index in [0.29, 0.717) is 48.7 Å². The van der Waals surface area contributed by atoms with E-state index < -0.39 is 18.1 Å². The fourth-order valence-corrected chi connectivity index (χ4v) is 5.12. The van der Waals surface area contributed by atoms with Crippen LogP contribution in [0, 0.1) is 5.92 Å². The number of hydrogen-bond acceptors (Lipinski definition) is 5. The molecule has 2 atom stereocenters. The topological polar surface area (TPSA) is 84.9 Å². The van der Waals surface area contributed by atoms with Gasteiger partial charge in [0.05, 0.1) is 24.8 Å². The summed E-state index contributed by atoms with van der Waals surface area (Å²) in [5.41, 5.74) is 0.798. The summed E-state index contributed by atoms with van der Waals surface area (Å²) in [5, 5.41) is 14.2. The van der Waals surface area contributed by atoms with E-state index in [1.54, 1.807) is 25.1 Å². The van der Waals surface area contributed by atoms with Crippen LogP contribution in [0.4, 0.5) is 8.78 Å². The van der Waals surface area contributed by atoms with Gasteiger partial charge in [-0.05, 0) is 30.5 Å². The number of ketones is 1. The van der Waals surface area contributed by atoms with Crippen molar-refractivity contribution in [2.45, 2.75) is 82.8 Å². The molecule has 2 aromatic carbocycles. The number of carbonyl (C=O) groups is 2. The molecular formula is C30H36F2NO5+. The largest absolute Gasteiger partial charge is 0.486 e. The van der Waals surface area contributed by atoms with Gasteiger partial charge in [0.15, 0.2) is 17.3 Å². The number of nitrogens with one attached hydrogen (secondary N) is 1. The number of ether oxygens (including phenoxy) is 2. The second-order valence-corrected chi connectivity index (χ2v) is 10.1. The zero-order chi connectivity index (χ0) is 27.1. The molecule has 0 aromatic heterocycles. The Morgan fingerprint density at radius 1 is 1.03 bits per heavy atom. The first-order chi connectivity index (χ1) is 18.3. The lowest BCUT2D eigenvalue weighted by Crippen LogP contribution is -2.40. The molecule has 1 aliphatic heterocycles. The van der Waals surface area contributed by atoms with Crippen LogP contribution < -0.4 is 14.8 Å². The highest BCUT2D eigenvalue weighted by molar-refractivity contribution is 5.98. The molecule has 2 aromatic rings. The minimum atomic E-state index is -2.93. The van der Waals surface area contributed by atoms with Gasteiger partial charge in [-0.1, -0.05) is 43.7 Å². The monoisotopic (exact) mass is 528 g/mol. The molecule has 0 bridgehead atoms. The summed E-state index contributed by atoms with van der Waals surface area (Å²) < 4.78 is 39.4. The second-order valence-electron chi connectivity index (χ2n) is 10.1. The minimum absolute atomic E-state index is 0.0556. The first-order valence-electron chi connectivity index (χ1n) is 13.5. The number of Topliss-reactive ketones (excluding diaryl/α,β-unsaturated/α-hetero) is 1. The van der Waals surface area contributed by atoms with Gasteiger partial charge in [0.25, 0.3) is 5.92 Å². The Balaban J connectivity index is 1.37. The van der Waals surface area contributed by atoms with Gasteiger partial charge in [-0.15, -0.1) is 0 Å². The summed E-state index contributed by atoms with van der Waals surface area (Å²) in [6, 6.07) is 10.1. The highest BCUT2D eigenvalue weighted by atomic mass is 19.3. The molecule has 0 saturated heterocycles. The molecule has 2 N–H and O–H groups in total. The zero-order valence-electron chi connectivity index (χ0n) is 21.8.